The molecule has 0 unspecified atom stereocenters. The summed E-state index contributed by atoms with van der Waals surface area (Å²) in [5.41, 5.74) is 1.22. The van der Waals surface area contributed by atoms with Gasteiger partial charge in [-0.3, -0.25) is 4.68 Å². The zero-order valence-electron chi connectivity index (χ0n) is 10.4. The lowest BCUT2D eigenvalue weighted by atomic mass is 10.2. The molecule has 0 aromatic carbocycles. The molecule has 0 aliphatic heterocycles. The third kappa shape index (κ3) is 2.11. The first-order chi connectivity index (χ1) is 8.67. The molecule has 0 atom stereocenters. The lowest BCUT2D eigenvalue weighted by Crippen LogP contribution is -2.04. The largest absolute Gasteiger partial charge is 0.476 e. The maximum atomic E-state index is 11.1. The minimum Gasteiger partial charge on any atom is -0.476 e. The Bertz CT molecular complexity index is 558. The Balaban J connectivity index is 2.51. The molecule has 2 aromatic rings. The van der Waals surface area contributed by atoms with Crippen LogP contribution in [0.4, 0.5) is 0 Å². The number of carbonyl (C=O) groups is 1. The lowest BCUT2D eigenvalue weighted by molar-refractivity contribution is 0.0691. The van der Waals surface area contributed by atoms with Gasteiger partial charge in [-0.25, -0.2) is 9.48 Å². The summed E-state index contributed by atoms with van der Waals surface area (Å²) >= 11 is 0. The molecule has 2 aromatic heterocycles. The summed E-state index contributed by atoms with van der Waals surface area (Å²) in [5.74, 6) is -1.07. The molecule has 0 amide bonds. The Labute approximate surface area is 104 Å². The van der Waals surface area contributed by atoms with Crippen LogP contribution in [0.3, 0.4) is 0 Å². The van der Waals surface area contributed by atoms with E-state index in [-0.39, 0.29) is 5.69 Å². The van der Waals surface area contributed by atoms with E-state index in [4.69, 9.17) is 5.11 Å². The van der Waals surface area contributed by atoms with Crippen molar-refractivity contribution in [3.63, 3.8) is 0 Å². The molecule has 0 fully saturated rings. The summed E-state index contributed by atoms with van der Waals surface area (Å²) in [5, 5.41) is 20.9. The molecule has 0 saturated carbocycles. The molecular formula is C11H15N5O2. The van der Waals surface area contributed by atoms with E-state index in [9.17, 15) is 4.79 Å². The van der Waals surface area contributed by atoms with E-state index in [1.54, 1.807) is 21.8 Å². The number of rotatable bonds is 5. The average Bonchev–Trinajstić information content (AvgIpc) is 2.94. The summed E-state index contributed by atoms with van der Waals surface area (Å²) in [6.45, 7) is 5.34. The molecule has 1 N–H and O–H groups in total. The summed E-state index contributed by atoms with van der Waals surface area (Å²) in [6.07, 6.45) is 4.30. The summed E-state index contributed by atoms with van der Waals surface area (Å²) < 4.78 is 3.35. The molecule has 7 nitrogen and oxygen atoms in total. The van der Waals surface area contributed by atoms with Crippen LogP contribution in [0.25, 0.3) is 11.3 Å². The highest BCUT2D eigenvalue weighted by Gasteiger charge is 2.21. The standard InChI is InChI=1S/C11H15N5O2/c1-3-5-16-10(9(11(17)18)13-14-16)8-6-12-15(4-2)7-8/h6-7H,3-5H2,1-2H3,(H,17,18). The minimum atomic E-state index is -1.07. The fourth-order valence-corrected chi connectivity index (χ4v) is 1.77. The van der Waals surface area contributed by atoms with Gasteiger partial charge in [-0.2, -0.15) is 5.10 Å². The van der Waals surface area contributed by atoms with Crippen LogP contribution in [0.5, 0.6) is 0 Å². The number of hydrogen-bond donors (Lipinski definition) is 1. The SMILES string of the molecule is CCCn1nnc(C(=O)O)c1-c1cnn(CC)c1. The molecule has 0 bridgehead atoms. The molecule has 0 aliphatic carbocycles. The smallest absolute Gasteiger partial charge is 0.358 e. The van der Waals surface area contributed by atoms with E-state index in [0.717, 1.165) is 18.5 Å². The first kappa shape index (κ1) is 12.3. The predicted octanol–water partition coefficient (Wildman–Crippen LogP) is 1.27. The fraction of sp³-hybridized carbons (Fsp3) is 0.455. The maximum absolute atomic E-state index is 11.1. The van der Waals surface area contributed by atoms with E-state index in [2.05, 4.69) is 15.4 Å². The number of aromatic nitrogens is 5. The second-order valence-electron chi connectivity index (χ2n) is 3.90. The van der Waals surface area contributed by atoms with E-state index in [1.807, 2.05) is 13.8 Å². The highest BCUT2D eigenvalue weighted by Crippen LogP contribution is 2.22. The number of carboxylic acids is 1. The van der Waals surface area contributed by atoms with Crippen molar-refractivity contribution in [3.8, 4) is 11.3 Å². The van der Waals surface area contributed by atoms with Crippen LogP contribution in [-0.4, -0.2) is 35.9 Å². The van der Waals surface area contributed by atoms with Gasteiger partial charge in [-0.05, 0) is 13.3 Å². The van der Waals surface area contributed by atoms with Gasteiger partial charge in [0.1, 0.15) is 5.69 Å². The molecule has 2 rings (SSSR count). The van der Waals surface area contributed by atoms with Gasteiger partial charge in [0.15, 0.2) is 5.69 Å². The van der Waals surface area contributed by atoms with Gasteiger partial charge in [0.05, 0.1) is 6.20 Å². The molecule has 96 valence electrons. The van der Waals surface area contributed by atoms with Gasteiger partial charge in [0.2, 0.25) is 0 Å². The summed E-state index contributed by atoms with van der Waals surface area (Å²) in [4.78, 5) is 11.1. The van der Waals surface area contributed by atoms with Crippen molar-refractivity contribution in [1.82, 2.24) is 24.8 Å². The van der Waals surface area contributed by atoms with Crippen LogP contribution in [0, 0.1) is 0 Å². The highest BCUT2D eigenvalue weighted by atomic mass is 16.4. The van der Waals surface area contributed by atoms with Crippen molar-refractivity contribution in [2.24, 2.45) is 0 Å². The monoisotopic (exact) mass is 249 g/mol. The van der Waals surface area contributed by atoms with E-state index in [1.165, 1.54) is 0 Å². The van der Waals surface area contributed by atoms with Crippen molar-refractivity contribution in [2.75, 3.05) is 0 Å². The molecule has 18 heavy (non-hydrogen) atoms. The number of carboxylic acid groups (broad SMARTS) is 1. The van der Waals surface area contributed by atoms with Gasteiger partial charge in [-0.1, -0.05) is 12.1 Å². The normalized spacial score (nSPS) is 10.8. The van der Waals surface area contributed by atoms with Crippen LogP contribution in [0.2, 0.25) is 0 Å². The summed E-state index contributed by atoms with van der Waals surface area (Å²) in [7, 11) is 0. The van der Waals surface area contributed by atoms with Gasteiger partial charge in [0.25, 0.3) is 0 Å². The first-order valence-corrected chi connectivity index (χ1v) is 5.87. The third-order valence-electron chi connectivity index (χ3n) is 2.60. The average molecular weight is 249 g/mol. The van der Waals surface area contributed by atoms with Crippen LogP contribution in [0.1, 0.15) is 30.8 Å². The second kappa shape index (κ2) is 4.99. The molecule has 0 aliphatic rings. The lowest BCUT2D eigenvalue weighted by Gasteiger charge is -2.02. The van der Waals surface area contributed by atoms with Gasteiger partial charge in [-0.15, -0.1) is 5.10 Å². The minimum absolute atomic E-state index is 0.0286. The van der Waals surface area contributed by atoms with E-state index >= 15 is 0 Å². The van der Waals surface area contributed by atoms with Crippen LogP contribution in [0.15, 0.2) is 12.4 Å². The molecule has 7 heteroatoms. The van der Waals surface area contributed by atoms with Crippen molar-refractivity contribution >= 4 is 5.97 Å². The Morgan fingerprint density at radius 1 is 1.44 bits per heavy atom. The van der Waals surface area contributed by atoms with Gasteiger partial charge < -0.3 is 5.11 Å². The summed E-state index contributed by atoms with van der Waals surface area (Å²) in [6, 6.07) is 0. The zero-order chi connectivity index (χ0) is 13.1. The predicted molar refractivity (Wildman–Crippen MR) is 64.2 cm³/mol. The van der Waals surface area contributed by atoms with Crippen molar-refractivity contribution in [1.29, 1.82) is 0 Å². The Kier molecular flexibility index (Phi) is 3.40. The van der Waals surface area contributed by atoms with E-state index < -0.39 is 5.97 Å². The number of aryl methyl sites for hydroxylation is 2. The first-order valence-electron chi connectivity index (χ1n) is 5.87. The van der Waals surface area contributed by atoms with Crippen molar-refractivity contribution < 1.29 is 9.90 Å². The number of aromatic carboxylic acids is 1. The molecule has 0 saturated heterocycles. The van der Waals surface area contributed by atoms with Gasteiger partial charge >= 0.3 is 5.97 Å². The Morgan fingerprint density at radius 3 is 2.78 bits per heavy atom. The van der Waals surface area contributed by atoms with E-state index in [0.29, 0.717) is 12.2 Å². The number of hydrogen-bond acceptors (Lipinski definition) is 4. The van der Waals surface area contributed by atoms with Crippen molar-refractivity contribution in [3.05, 3.63) is 18.1 Å². The number of nitrogens with zero attached hydrogens (tertiary/aromatic N) is 5. The quantitative estimate of drug-likeness (QED) is 0.862. The third-order valence-corrected chi connectivity index (χ3v) is 2.60. The second-order valence-corrected chi connectivity index (χ2v) is 3.90. The molecule has 0 spiro atoms. The Morgan fingerprint density at radius 2 is 2.22 bits per heavy atom. The maximum Gasteiger partial charge on any atom is 0.358 e. The highest BCUT2D eigenvalue weighted by molar-refractivity contribution is 5.92. The molecular weight excluding hydrogens is 234 g/mol. The topological polar surface area (TPSA) is 85.8 Å². The van der Waals surface area contributed by atoms with Crippen molar-refractivity contribution in [2.45, 2.75) is 33.4 Å². The van der Waals surface area contributed by atoms with Crippen LogP contribution >= 0.6 is 0 Å². The Hall–Kier alpha value is -2.18. The molecule has 0 radical (unpaired) electrons. The fourth-order valence-electron chi connectivity index (χ4n) is 1.77. The van der Waals surface area contributed by atoms with Crippen LogP contribution < -0.4 is 0 Å². The molecule has 2 heterocycles. The van der Waals surface area contributed by atoms with Gasteiger partial charge in [0, 0.05) is 24.8 Å². The van der Waals surface area contributed by atoms with Crippen LogP contribution in [-0.2, 0) is 13.1 Å². The zero-order valence-corrected chi connectivity index (χ0v) is 10.4.